The van der Waals surface area contributed by atoms with Crippen LogP contribution < -0.4 is 0 Å². The van der Waals surface area contributed by atoms with Crippen LogP contribution in [0.5, 0.6) is 0 Å². The molecule has 25 heavy (non-hydrogen) atoms. The summed E-state index contributed by atoms with van der Waals surface area (Å²) >= 11 is 0. The zero-order valence-electron chi connectivity index (χ0n) is 14.8. The minimum Gasteiger partial charge on any atom is -0.389 e. The zero-order valence-corrected chi connectivity index (χ0v) is 14.8. The maximum atomic E-state index is 10.2. The van der Waals surface area contributed by atoms with Crippen LogP contribution in [0.15, 0.2) is 60.7 Å². The highest BCUT2D eigenvalue weighted by Crippen LogP contribution is 2.09. The van der Waals surface area contributed by atoms with E-state index < -0.39 is 6.10 Å². The van der Waals surface area contributed by atoms with Crippen molar-refractivity contribution in [1.82, 2.24) is 9.80 Å². The van der Waals surface area contributed by atoms with E-state index in [9.17, 15) is 5.11 Å². The van der Waals surface area contributed by atoms with Crippen molar-refractivity contribution < 1.29 is 9.84 Å². The molecule has 1 atom stereocenters. The minimum absolute atomic E-state index is 0.388. The quantitative estimate of drug-likeness (QED) is 0.800. The van der Waals surface area contributed by atoms with Crippen molar-refractivity contribution in [3.63, 3.8) is 0 Å². The molecule has 0 amide bonds. The molecule has 4 nitrogen and oxygen atoms in total. The minimum atomic E-state index is -0.426. The number of aliphatic hydroxyl groups excluding tert-OH is 1. The SMILES string of the molecule is OC(COCc1ccccc1)CN1CCN(Cc2ccccc2)CC1. The number of hydrogen-bond acceptors (Lipinski definition) is 4. The van der Waals surface area contributed by atoms with Crippen molar-refractivity contribution in [3.05, 3.63) is 71.8 Å². The second-order valence-electron chi connectivity index (χ2n) is 6.72. The van der Waals surface area contributed by atoms with Gasteiger partial charge in [0.2, 0.25) is 0 Å². The lowest BCUT2D eigenvalue weighted by Gasteiger charge is -2.35. The van der Waals surface area contributed by atoms with Crippen LogP contribution in [0.3, 0.4) is 0 Å². The molecule has 0 bridgehead atoms. The second-order valence-corrected chi connectivity index (χ2v) is 6.72. The molecular weight excluding hydrogens is 312 g/mol. The van der Waals surface area contributed by atoms with Gasteiger partial charge in [-0.1, -0.05) is 60.7 Å². The lowest BCUT2D eigenvalue weighted by Crippen LogP contribution is -2.48. The first-order valence-electron chi connectivity index (χ1n) is 9.08. The average Bonchev–Trinajstić information content (AvgIpc) is 2.65. The van der Waals surface area contributed by atoms with E-state index in [1.807, 2.05) is 30.3 Å². The molecule has 3 rings (SSSR count). The average molecular weight is 340 g/mol. The highest BCUT2D eigenvalue weighted by atomic mass is 16.5. The molecule has 0 spiro atoms. The Bertz CT molecular complexity index is 598. The largest absolute Gasteiger partial charge is 0.389 e. The Morgan fingerprint density at radius 3 is 2.00 bits per heavy atom. The van der Waals surface area contributed by atoms with Crippen LogP contribution in [-0.2, 0) is 17.9 Å². The molecular formula is C21H28N2O2. The van der Waals surface area contributed by atoms with Crippen molar-refractivity contribution >= 4 is 0 Å². The zero-order chi connectivity index (χ0) is 17.3. The first kappa shape index (κ1) is 18.1. The third-order valence-electron chi connectivity index (χ3n) is 4.60. The molecule has 0 aliphatic carbocycles. The van der Waals surface area contributed by atoms with Gasteiger partial charge in [-0.2, -0.15) is 0 Å². The van der Waals surface area contributed by atoms with Crippen molar-refractivity contribution in [1.29, 1.82) is 0 Å². The number of hydrogen-bond donors (Lipinski definition) is 1. The van der Waals surface area contributed by atoms with E-state index >= 15 is 0 Å². The number of rotatable bonds is 8. The van der Waals surface area contributed by atoms with Gasteiger partial charge in [0.25, 0.3) is 0 Å². The van der Waals surface area contributed by atoms with Crippen molar-refractivity contribution in [2.75, 3.05) is 39.3 Å². The molecule has 1 unspecified atom stereocenters. The summed E-state index contributed by atoms with van der Waals surface area (Å²) in [5.74, 6) is 0. The summed E-state index contributed by atoms with van der Waals surface area (Å²) in [4.78, 5) is 4.81. The molecule has 1 heterocycles. The second kappa shape index (κ2) is 9.68. The topological polar surface area (TPSA) is 35.9 Å². The van der Waals surface area contributed by atoms with Gasteiger partial charge in [-0.05, 0) is 11.1 Å². The molecule has 0 radical (unpaired) electrons. The van der Waals surface area contributed by atoms with Gasteiger partial charge in [0.1, 0.15) is 0 Å². The van der Waals surface area contributed by atoms with Crippen LogP contribution in [0.1, 0.15) is 11.1 Å². The molecule has 1 fully saturated rings. The fourth-order valence-electron chi connectivity index (χ4n) is 3.21. The van der Waals surface area contributed by atoms with Gasteiger partial charge in [0.15, 0.2) is 0 Å². The van der Waals surface area contributed by atoms with Gasteiger partial charge in [0, 0.05) is 39.3 Å². The third kappa shape index (κ3) is 6.25. The summed E-state index contributed by atoms with van der Waals surface area (Å²) in [6.45, 7) is 6.75. The molecule has 0 aromatic heterocycles. The van der Waals surface area contributed by atoms with Gasteiger partial charge < -0.3 is 9.84 Å². The highest BCUT2D eigenvalue weighted by molar-refractivity contribution is 5.14. The maximum Gasteiger partial charge on any atom is 0.0900 e. The van der Waals surface area contributed by atoms with Crippen LogP contribution in [0.2, 0.25) is 0 Å². The van der Waals surface area contributed by atoms with E-state index in [4.69, 9.17) is 4.74 Å². The molecule has 0 saturated carbocycles. The lowest BCUT2D eigenvalue weighted by atomic mass is 10.2. The Morgan fingerprint density at radius 2 is 1.36 bits per heavy atom. The van der Waals surface area contributed by atoms with Gasteiger partial charge in [0.05, 0.1) is 19.3 Å². The summed E-state index contributed by atoms with van der Waals surface area (Å²) in [5.41, 5.74) is 2.51. The predicted molar refractivity (Wildman–Crippen MR) is 100 cm³/mol. The van der Waals surface area contributed by atoms with Crippen molar-refractivity contribution in [2.45, 2.75) is 19.3 Å². The first-order chi connectivity index (χ1) is 12.3. The summed E-state index contributed by atoms with van der Waals surface area (Å²) in [5, 5.41) is 10.2. The van der Waals surface area contributed by atoms with Crippen LogP contribution in [0.4, 0.5) is 0 Å². The Labute approximate surface area is 150 Å². The molecule has 2 aromatic carbocycles. The fourth-order valence-corrected chi connectivity index (χ4v) is 3.21. The number of benzene rings is 2. The van der Waals surface area contributed by atoms with E-state index in [2.05, 4.69) is 40.1 Å². The van der Waals surface area contributed by atoms with Crippen LogP contribution >= 0.6 is 0 Å². The number of nitrogens with zero attached hydrogens (tertiary/aromatic N) is 2. The normalized spacial score (nSPS) is 17.5. The van der Waals surface area contributed by atoms with Gasteiger partial charge in [-0.15, -0.1) is 0 Å². The predicted octanol–water partition coefficient (Wildman–Crippen LogP) is 2.38. The van der Waals surface area contributed by atoms with Crippen molar-refractivity contribution in [3.8, 4) is 0 Å². The summed E-state index contributed by atoms with van der Waals surface area (Å²) in [6.07, 6.45) is -0.426. The number of piperazine rings is 1. The molecule has 2 aromatic rings. The van der Waals surface area contributed by atoms with Crippen molar-refractivity contribution in [2.24, 2.45) is 0 Å². The number of aliphatic hydroxyl groups is 1. The smallest absolute Gasteiger partial charge is 0.0900 e. The Hall–Kier alpha value is -1.72. The third-order valence-corrected chi connectivity index (χ3v) is 4.60. The molecule has 1 N–H and O–H groups in total. The number of β-amino-alcohol motifs (C(OH)–C–C–N with tert-alkyl or cyclic N) is 1. The standard InChI is InChI=1S/C21H28N2O2/c24-21(18-25-17-20-9-5-2-6-10-20)16-23-13-11-22(12-14-23)15-19-7-3-1-4-8-19/h1-10,21,24H,11-18H2. The lowest BCUT2D eigenvalue weighted by molar-refractivity contribution is 0.000878. The Kier molecular flexibility index (Phi) is 7.00. The van der Waals surface area contributed by atoms with E-state index in [0.717, 1.165) is 38.3 Å². The first-order valence-corrected chi connectivity index (χ1v) is 9.08. The molecule has 1 aliphatic heterocycles. The molecule has 134 valence electrons. The van der Waals surface area contributed by atoms with Gasteiger partial charge in [-0.3, -0.25) is 9.80 Å². The molecule has 1 saturated heterocycles. The van der Waals surface area contributed by atoms with Crippen LogP contribution in [0.25, 0.3) is 0 Å². The van der Waals surface area contributed by atoms with Gasteiger partial charge >= 0.3 is 0 Å². The maximum absolute atomic E-state index is 10.2. The van der Waals surface area contributed by atoms with E-state index in [-0.39, 0.29) is 0 Å². The molecule has 4 heteroatoms. The highest BCUT2D eigenvalue weighted by Gasteiger charge is 2.19. The number of ether oxygens (including phenoxy) is 1. The molecule has 1 aliphatic rings. The Morgan fingerprint density at radius 1 is 0.800 bits per heavy atom. The summed E-state index contributed by atoms with van der Waals surface area (Å²) in [6, 6.07) is 20.7. The van der Waals surface area contributed by atoms with Gasteiger partial charge in [-0.25, -0.2) is 0 Å². The summed E-state index contributed by atoms with van der Waals surface area (Å²) < 4.78 is 5.64. The summed E-state index contributed by atoms with van der Waals surface area (Å²) in [7, 11) is 0. The van der Waals surface area contributed by atoms with E-state index in [1.54, 1.807) is 0 Å². The fraction of sp³-hybridized carbons (Fsp3) is 0.429. The van der Waals surface area contributed by atoms with Crippen LogP contribution in [-0.4, -0.2) is 60.3 Å². The van der Waals surface area contributed by atoms with E-state index in [1.165, 1.54) is 5.56 Å². The monoisotopic (exact) mass is 340 g/mol. The Balaban J connectivity index is 1.31. The van der Waals surface area contributed by atoms with Crippen LogP contribution in [0, 0.1) is 0 Å². The van der Waals surface area contributed by atoms with E-state index in [0.29, 0.717) is 19.8 Å².